The Kier molecular flexibility index (Phi) is 4.16. The van der Waals surface area contributed by atoms with E-state index in [4.69, 9.17) is 5.21 Å². The number of aryl methyl sites for hydroxylation is 1. The highest BCUT2D eigenvalue weighted by atomic mass is 16.4. The zero-order valence-electron chi connectivity index (χ0n) is 9.20. The lowest BCUT2D eigenvalue weighted by Gasteiger charge is -2.06. The normalized spacial score (nSPS) is 11.7. The van der Waals surface area contributed by atoms with Crippen LogP contribution in [0.4, 0.5) is 0 Å². The smallest absolute Gasteiger partial charge is 0.124 e. The van der Waals surface area contributed by atoms with E-state index in [2.05, 4.69) is 12.1 Å². The van der Waals surface area contributed by atoms with E-state index < -0.39 is 0 Å². The van der Waals surface area contributed by atoms with Crippen LogP contribution in [-0.2, 0) is 6.42 Å². The first-order chi connectivity index (χ1) is 7.19. The number of phenolic OH excluding ortho intramolecular Hbond substituents is 1. The molecule has 0 saturated carbocycles. The van der Waals surface area contributed by atoms with Crippen LogP contribution in [0.25, 0.3) is 0 Å². The molecule has 1 aromatic rings. The predicted molar refractivity (Wildman–Crippen MR) is 60.7 cm³/mol. The fraction of sp³-hybridized carbons (Fsp3) is 0.417. The summed E-state index contributed by atoms with van der Waals surface area (Å²) in [6.45, 7) is 3.81. The highest BCUT2D eigenvalue weighted by molar-refractivity contribution is 6.00. The molecule has 0 amide bonds. The van der Waals surface area contributed by atoms with Gasteiger partial charge in [0.05, 0.1) is 5.71 Å². The topological polar surface area (TPSA) is 52.8 Å². The van der Waals surface area contributed by atoms with Crippen molar-refractivity contribution in [2.45, 2.75) is 33.1 Å². The number of nitrogens with zero attached hydrogens (tertiary/aromatic N) is 1. The SMILES string of the molecule is CCCCc1ccc(O)c(/C(C)=N/O)c1. The fourth-order valence-corrected chi connectivity index (χ4v) is 1.46. The van der Waals surface area contributed by atoms with E-state index in [-0.39, 0.29) is 5.75 Å². The Morgan fingerprint density at radius 1 is 1.40 bits per heavy atom. The average Bonchev–Trinajstić information content (AvgIpc) is 2.27. The third-order valence-corrected chi connectivity index (χ3v) is 2.42. The Labute approximate surface area is 90.1 Å². The first-order valence-electron chi connectivity index (χ1n) is 5.20. The van der Waals surface area contributed by atoms with Crippen LogP contribution in [0.1, 0.15) is 37.8 Å². The van der Waals surface area contributed by atoms with Crippen LogP contribution in [0, 0.1) is 0 Å². The summed E-state index contributed by atoms with van der Waals surface area (Å²) in [6, 6.07) is 5.42. The molecule has 0 spiro atoms. The van der Waals surface area contributed by atoms with Crippen molar-refractivity contribution in [1.29, 1.82) is 0 Å². The largest absolute Gasteiger partial charge is 0.507 e. The lowest BCUT2D eigenvalue weighted by Crippen LogP contribution is -1.97. The van der Waals surface area contributed by atoms with Crippen LogP contribution < -0.4 is 0 Å². The molecule has 0 heterocycles. The minimum atomic E-state index is 0.158. The molecule has 0 atom stereocenters. The van der Waals surface area contributed by atoms with Gasteiger partial charge in [0, 0.05) is 5.56 Å². The predicted octanol–water partition coefficient (Wildman–Crippen LogP) is 2.93. The second-order valence-electron chi connectivity index (χ2n) is 3.64. The van der Waals surface area contributed by atoms with Crippen molar-refractivity contribution in [3.63, 3.8) is 0 Å². The second kappa shape index (κ2) is 5.39. The number of rotatable bonds is 4. The van der Waals surface area contributed by atoms with Gasteiger partial charge in [0.25, 0.3) is 0 Å². The van der Waals surface area contributed by atoms with Gasteiger partial charge in [0.15, 0.2) is 0 Å². The number of unbranched alkanes of at least 4 members (excludes halogenated alkanes) is 1. The molecular weight excluding hydrogens is 190 g/mol. The maximum absolute atomic E-state index is 9.57. The summed E-state index contributed by atoms with van der Waals surface area (Å²) >= 11 is 0. The van der Waals surface area contributed by atoms with E-state index in [0.29, 0.717) is 11.3 Å². The third kappa shape index (κ3) is 2.98. The maximum atomic E-state index is 9.57. The van der Waals surface area contributed by atoms with Crippen molar-refractivity contribution >= 4 is 5.71 Å². The summed E-state index contributed by atoms with van der Waals surface area (Å²) in [6.07, 6.45) is 3.26. The first kappa shape index (κ1) is 11.6. The summed E-state index contributed by atoms with van der Waals surface area (Å²) in [5.74, 6) is 0.158. The number of hydrogen-bond acceptors (Lipinski definition) is 3. The van der Waals surface area contributed by atoms with E-state index in [1.54, 1.807) is 13.0 Å². The molecule has 3 nitrogen and oxygen atoms in total. The quantitative estimate of drug-likeness (QED) is 0.453. The Morgan fingerprint density at radius 3 is 2.73 bits per heavy atom. The van der Waals surface area contributed by atoms with Crippen LogP contribution in [0.2, 0.25) is 0 Å². The van der Waals surface area contributed by atoms with Crippen LogP contribution in [-0.4, -0.2) is 16.0 Å². The molecule has 3 heteroatoms. The molecule has 0 aliphatic heterocycles. The molecule has 0 fully saturated rings. The van der Waals surface area contributed by atoms with E-state index in [9.17, 15) is 5.11 Å². The van der Waals surface area contributed by atoms with Crippen molar-refractivity contribution in [2.75, 3.05) is 0 Å². The lowest BCUT2D eigenvalue weighted by atomic mass is 10.0. The van der Waals surface area contributed by atoms with E-state index in [0.717, 1.165) is 24.8 Å². The Hall–Kier alpha value is -1.51. The minimum absolute atomic E-state index is 0.158. The number of phenols is 1. The van der Waals surface area contributed by atoms with E-state index >= 15 is 0 Å². The van der Waals surface area contributed by atoms with E-state index in [1.165, 1.54) is 0 Å². The van der Waals surface area contributed by atoms with Gasteiger partial charge in [-0.25, -0.2) is 0 Å². The van der Waals surface area contributed by atoms with Crippen LogP contribution >= 0.6 is 0 Å². The zero-order valence-corrected chi connectivity index (χ0v) is 9.20. The molecule has 0 aromatic heterocycles. The van der Waals surface area contributed by atoms with Gasteiger partial charge < -0.3 is 10.3 Å². The number of benzene rings is 1. The van der Waals surface area contributed by atoms with Gasteiger partial charge in [-0.15, -0.1) is 0 Å². The van der Waals surface area contributed by atoms with E-state index in [1.807, 2.05) is 12.1 Å². The molecule has 1 rings (SSSR count). The molecule has 0 saturated heterocycles. The Balaban J connectivity index is 2.95. The minimum Gasteiger partial charge on any atom is -0.507 e. The van der Waals surface area contributed by atoms with Gasteiger partial charge in [0.2, 0.25) is 0 Å². The summed E-state index contributed by atoms with van der Waals surface area (Å²) in [4.78, 5) is 0. The molecule has 0 unspecified atom stereocenters. The summed E-state index contributed by atoms with van der Waals surface area (Å²) in [7, 11) is 0. The Morgan fingerprint density at radius 2 is 2.13 bits per heavy atom. The Bertz CT molecular complexity index is 359. The molecule has 0 aliphatic carbocycles. The van der Waals surface area contributed by atoms with Crippen molar-refractivity contribution in [2.24, 2.45) is 5.16 Å². The number of hydrogen-bond donors (Lipinski definition) is 2. The third-order valence-electron chi connectivity index (χ3n) is 2.42. The zero-order chi connectivity index (χ0) is 11.3. The van der Waals surface area contributed by atoms with Gasteiger partial charge in [-0.3, -0.25) is 0 Å². The van der Waals surface area contributed by atoms with Gasteiger partial charge >= 0.3 is 0 Å². The first-order valence-corrected chi connectivity index (χ1v) is 5.20. The van der Waals surface area contributed by atoms with Gasteiger partial charge in [0.1, 0.15) is 5.75 Å². The van der Waals surface area contributed by atoms with Crippen LogP contribution in [0.15, 0.2) is 23.4 Å². The van der Waals surface area contributed by atoms with Crippen molar-refractivity contribution < 1.29 is 10.3 Å². The van der Waals surface area contributed by atoms with Crippen LogP contribution in [0.3, 0.4) is 0 Å². The molecule has 0 bridgehead atoms. The number of aromatic hydroxyl groups is 1. The summed E-state index contributed by atoms with van der Waals surface area (Å²) in [5.41, 5.74) is 2.20. The van der Waals surface area contributed by atoms with Crippen molar-refractivity contribution in [3.05, 3.63) is 29.3 Å². The molecule has 1 aromatic carbocycles. The molecule has 82 valence electrons. The highest BCUT2D eigenvalue weighted by Gasteiger charge is 2.06. The van der Waals surface area contributed by atoms with Gasteiger partial charge in [-0.05, 0) is 37.5 Å². The monoisotopic (exact) mass is 207 g/mol. The maximum Gasteiger partial charge on any atom is 0.124 e. The van der Waals surface area contributed by atoms with Gasteiger partial charge in [-0.2, -0.15) is 0 Å². The average molecular weight is 207 g/mol. The molecular formula is C12H17NO2. The molecule has 2 N–H and O–H groups in total. The van der Waals surface area contributed by atoms with Crippen LogP contribution in [0.5, 0.6) is 5.75 Å². The van der Waals surface area contributed by atoms with Crippen molar-refractivity contribution in [3.8, 4) is 5.75 Å². The van der Waals surface area contributed by atoms with Gasteiger partial charge in [-0.1, -0.05) is 24.6 Å². The molecule has 0 aliphatic rings. The van der Waals surface area contributed by atoms with Crippen molar-refractivity contribution in [1.82, 2.24) is 0 Å². The summed E-state index contributed by atoms with van der Waals surface area (Å²) in [5, 5.41) is 21.3. The lowest BCUT2D eigenvalue weighted by molar-refractivity contribution is 0.318. The second-order valence-corrected chi connectivity index (χ2v) is 3.64. The standard InChI is InChI=1S/C12H17NO2/c1-3-4-5-10-6-7-12(14)11(8-10)9(2)13-15/h6-8,14-15H,3-5H2,1-2H3/b13-9+. The highest BCUT2D eigenvalue weighted by Crippen LogP contribution is 2.20. The fourth-order valence-electron chi connectivity index (χ4n) is 1.46. The number of oxime groups is 1. The summed E-state index contributed by atoms with van der Waals surface area (Å²) < 4.78 is 0. The molecule has 15 heavy (non-hydrogen) atoms. The molecule has 0 radical (unpaired) electrons.